The summed E-state index contributed by atoms with van der Waals surface area (Å²) in [5.41, 5.74) is 1.74. The highest BCUT2D eigenvalue weighted by Gasteiger charge is 2.09. The zero-order valence-corrected chi connectivity index (χ0v) is 13.9. The second kappa shape index (κ2) is 8.62. The lowest BCUT2D eigenvalue weighted by molar-refractivity contribution is -0.118. The highest BCUT2D eigenvalue weighted by Crippen LogP contribution is 2.28. The number of carbonyl (C=O) groups is 1. The van der Waals surface area contributed by atoms with Crippen LogP contribution >= 0.6 is 0 Å². The minimum absolute atomic E-state index is 0.108. The first-order valence-electron chi connectivity index (χ1n) is 7.50. The number of amides is 1. The molecule has 5 nitrogen and oxygen atoms in total. The van der Waals surface area contributed by atoms with E-state index >= 15 is 0 Å². The number of hydrogen-bond acceptors (Lipinski definition) is 4. The van der Waals surface area contributed by atoms with Crippen LogP contribution in [0, 0.1) is 0 Å². The average Bonchev–Trinajstić information content (AvgIpc) is 2.61. The van der Waals surface area contributed by atoms with Crippen molar-refractivity contribution in [1.29, 1.82) is 0 Å². The molecule has 0 spiro atoms. The number of nitrogens with one attached hydrogen (secondary N) is 1. The van der Waals surface area contributed by atoms with Crippen molar-refractivity contribution in [2.45, 2.75) is 6.42 Å². The summed E-state index contributed by atoms with van der Waals surface area (Å²) >= 11 is 0. The first-order chi connectivity index (χ1) is 11.7. The van der Waals surface area contributed by atoms with Crippen LogP contribution in [0.4, 0.5) is 5.69 Å². The van der Waals surface area contributed by atoms with Gasteiger partial charge in [0.25, 0.3) is 5.91 Å². The molecule has 5 heteroatoms. The molecule has 0 aliphatic carbocycles. The summed E-state index contributed by atoms with van der Waals surface area (Å²) in [7, 11) is 3.16. The van der Waals surface area contributed by atoms with Crippen LogP contribution < -0.4 is 19.5 Å². The number of hydrogen-bond donors (Lipinski definition) is 1. The van der Waals surface area contributed by atoms with Crippen LogP contribution in [0.1, 0.15) is 5.56 Å². The first kappa shape index (κ1) is 17.4. The monoisotopic (exact) mass is 327 g/mol. The Morgan fingerprint density at radius 3 is 2.46 bits per heavy atom. The fourth-order valence-electron chi connectivity index (χ4n) is 2.14. The van der Waals surface area contributed by atoms with Gasteiger partial charge in [0.15, 0.2) is 18.1 Å². The molecule has 0 saturated heterocycles. The summed E-state index contributed by atoms with van der Waals surface area (Å²) in [5, 5.41) is 2.76. The van der Waals surface area contributed by atoms with E-state index in [1.807, 2.05) is 18.2 Å². The Morgan fingerprint density at radius 1 is 1.08 bits per heavy atom. The van der Waals surface area contributed by atoms with Gasteiger partial charge in [-0.05, 0) is 48.4 Å². The Hall–Kier alpha value is -2.95. The lowest BCUT2D eigenvalue weighted by atomic mass is 10.1. The Labute approximate surface area is 141 Å². The lowest BCUT2D eigenvalue weighted by Crippen LogP contribution is -2.20. The third-order valence-corrected chi connectivity index (χ3v) is 3.34. The summed E-state index contributed by atoms with van der Waals surface area (Å²) in [6.45, 7) is 3.60. The molecule has 0 heterocycles. The Balaban J connectivity index is 1.94. The van der Waals surface area contributed by atoms with Crippen LogP contribution in [-0.2, 0) is 11.2 Å². The maximum Gasteiger partial charge on any atom is 0.262 e. The molecule has 24 heavy (non-hydrogen) atoms. The Morgan fingerprint density at radius 2 is 1.83 bits per heavy atom. The van der Waals surface area contributed by atoms with Gasteiger partial charge in [0.05, 0.1) is 14.2 Å². The molecule has 0 saturated carbocycles. The van der Waals surface area contributed by atoms with E-state index in [1.165, 1.54) is 0 Å². The fourth-order valence-corrected chi connectivity index (χ4v) is 2.14. The molecule has 0 fully saturated rings. The second-order valence-corrected chi connectivity index (χ2v) is 5.04. The van der Waals surface area contributed by atoms with Gasteiger partial charge >= 0.3 is 0 Å². The standard InChI is InChI=1S/C19H21NO4/c1-4-5-14-6-11-17(18(12-14)23-3)24-13-19(21)20-15-7-9-16(22-2)10-8-15/h4,6-12H,1,5,13H2,2-3H3,(H,20,21). The maximum atomic E-state index is 12.0. The topological polar surface area (TPSA) is 56.8 Å². The van der Waals surface area contributed by atoms with Crippen LogP contribution in [-0.4, -0.2) is 26.7 Å². The highest BCUT2D eigenvalue weighted by molar-refractivity contribution is 5.91. The summed E-state index contributed by atoms with van der Waals surface area (Å²) in [6.07, 6.45) is 2.56. The lowest BCUT2D eigenvalue weighted by Gasteiger charge is -2.12. The van der Waals surface area contributed by atoms with E-state index in [0.717, 1.165) is 17.7 Å². The molecule has 2 aromatic rings. The van der Waals surface area contributed by atoms with E-state index in [9.17, 15) is 4.79 Å². The van der Waals surface area contributed by atoms with Crippen molar-refractivity contribution in [3.63, 3.8) is 0 Å². The molecule has 126 valence electrons. The Kier molecular flexibility index (Phi) is 6.25. The third kappa shape index (κ3) is 4.78. The third-order valence-electron chi connectivity index (χ3n) is 3.34. The van der Waals surface area contributed by atoms with Gasteiger partial charge in [-0.1, -0.05) is 12.1 Å². The van der Waals surface area contributed by atoms with E-state index in [2.05, 4.69) is 11.9 Å². The van der Waals surface area contributed by atoms with Gasteiger partial charge in [0, 0.05) is 5.69 Å². The van der Waals surface area contributed by atoms with Crippen LogP contribution in [0.25, 0.3) is 0 Å². The van der Waals surface area contributed by atoms with Gasteiger partial charge in [0.2, 0.25) is 0 Å². The first-order valence-corrected chi connectivity index (χ1v) is 7.50. The molecular formula is C19H21NO4. The number of allylic oxidation sites excluding steroid dienone is 1. The van der Waals surface area contributed by atoms with Gasteiger partial charge in [-0.3, -0.25) is 4.79 Å². The van der Waals surface area contributed by atoms with Crippen LogP contribution in [0.2, 0.25) is 0 Å². The largest absolute Gasteiger partial charge is 0.497 e. The molecule has 0 radical (unpaired) electrons. The van der Waals surface area contributed by atoms with Crippen LogP contribution in [0.3, 0.4) is 0 Å². The predicted octanol–water partition coefficient (Wildman–Crippen LogP) is 3.45. The zero-order valence-electron chi connectivity index (χ0n) is 13.9. The molecule has 0 atom stereocenters. The number of anilines is 1. The number of methoxy groups -OCH3 is 2. The smallest absolute Gasteiger partial charge is 0.262 e. The van der Waals surface area contributed by atoms with E-state index in [-0.39, 0.29) is 12.5 Å². The highest BCUT2D eigenvalue weighted by atomic mass is 16.5. The molecule has 0 unspecified atom stereocenters. The average molecular weight is 327 g/mol. The van der Waals surface area contributed by atoms with Crippen LogP contribution in [0.15, 0.2) is 55.1 Å². The van der Waals surface area contributed by atoms with Crippen molar-refractivity contribution in [1.82, 2.24) is 0 Å². The summed E-state index contributed by atoms with van der Waals surface area (Å²) in [4.78, 5) is 12.0. The van der Waals surface area contributed by atoms with Gasteiger partial charge in [-0.2, -0.15) is 0 Å². The van der Waals surface area contributed by atoms with Crippen molar-refractivity contribution in [3.05, 3.63) is 60.7 Å². The molecule has 0 bridgehead atoms. The minimum Gasteiger partial charge on any atom is -0.497 e. The molecule has 2 aromatic carbocycles. The van der Waals surface area contributed by atoms with Crippen molar-refractivity contribution < 1.29 is 19.0 Å². The summed E-state index contributed by atoms with van der Waals surface area (Å²) in [6, 6.07) is 12.7. The number of ether oxygens (including phenoxy) is 3. The molecule has 0 aliphatic heterocycles. The van der Waals surface area contributed by atoms with E-state index < -0.39 is 0 Å². The molecular weight excluding hydrogens is 306 g/mol. The molecule has 1 N–H and O–H groups in total. The maximum absolute atomic E-state index is 12.0. The number of benzene rings is 2. The summed E-state index contributed by atoms with van der Waals surface area (Å²) < 4.78 is 15.9. The Bertz CT molecular complexity index is 695. The predicted molar refractivity (Wildman–Crippen MR) is 94.0 cm³/mol. The number of carbonyl (C=O) groups excluding carboxylic acids is 1. The zero-order chi connectivity index (χ0) is 17.4. The van der Waals surface area contributed by atoms with Crippen molar-refractivity contribution in [2.24, 2.45) is 0 Å². The van der Waals surface area contributed by atoms with Crippen LogP contribution in [0.5, 0.6) is 17.2 Å². The molecule has 0 aromatic heterocycles. The molecule has 1 amide bonds. The van der Waals surface area contributed by atoms with Crippen molar-refractivity contribution in [2.75, 3.05) is 26.1 Å². The van der Waals surface area contributed by atoms with Gasteiger partial charge in [-0.25, -0.2) is 0 Å². The SMILES string of the molecule is C=CCc1ccc(OCC(=O)Nc2ccc(OC)cc2)c(OC)c1. The van der Waals surface area contributed by atoms with Crippen molar-refractivity contribution in [3.8, 4) is 17.2 Å². The summed E-state index contributed by atoms with van der Waals surface area (Å²) in [5.74, 6) is 1.59. The minimum atomic E-state index is -0.252. The van der Waals surface area contributed by atoms with Crippen molar-refractivity contribution >= 4 is 11.6 Å². The van der Waals surface area contributed by atoms with E-state index in [4.69, 9.17) is 14.2 Å². The van der Waals surface area contributed by atoms with Gasteiger partial charge in [-0.15, -0.1) is 6.58 Å². The number of rotatable bonds is 8. The molecule has 0 aliphatic rings. The molecule has 2 rings (SSSR count). The van der Waals surface area contributed by atoms with Gasteiger partial charge < -0.3 is 19.5 Å². The second-order valence-electron chi connectivity index (χ2n) is 5.04. The van der Waals surface area contributed by atoms with E-state index in [0.29, 0.717) is 17.2 Å². The normalized spacial score (nSPS) is 9.92. The quantitative estimate of drug-likeness (QED) is 0.755. The fraction of sp³-hybridized carbons (Fsp3) is 0.211. The van der Waals surface area contributed by atoms with Gasteiger partial charge in [0.1, 0.15) is 5.75 Å². The van der Waals surface area contributed by atoms with E-state index in [1.54, 1.807) is 44.6 Å².